The summed E-state index contributed by atoms with van der Waals surface area (Å²) in [5, 5.41) is 11.7. The van der Waals surface area contributed by atoms with Gasteiger partial charge in [0.25, 0.3) is 0 Å². The summed E-state index contributed by atoms with van der Waals surface area (Å²) < 4.78 is 7.68. The van der Waals surface area contributed by atoms with E-state index in [4.69, 9.17) is 4.74 Å². The third-order valence-corrected chi connectivity index (χ3v) is 3.87. The van der Waals surface area contributed by atoms with Gasteiger partial charge in [-0.1, -0.05) is 17.3 Å². The van der Waals surface area contributed by atoms with Gasteiger partial charge in [-0.05, 0) is 43.9 Å². The van der Waals surface area contributed by atoms with Gasteiger partial charge in [0.05, 0.1) is 12.2 Å². The predicted octanol–water partition coefficient (Wildman–Crippen LogP) is 2.23. The number of benzene rings is 1. The lowest BCUT2D eigenvalue weighted by Gasteiger charge is -2.10. The molecule has 1 aliphatic rings. The zero-order chi connectivity index (χ0) is 14.7. The van der Waals surface area contributed by atoms with Crippen molar-refractivity contribution in [2.75, 3.05) is 6.61 Å². The maximum atomic E-state index is 5.83. The Morgan fingerprint density at radius 3 is 3.00 bits per heavy atom. The number of nitrogens with one attached hydrogen (secondary N) is 1. The second kappa shape index (κ2) is 6.26. The lowest BCUT2D eigenvalue weighted by Crippen LogP contribution is -2.15. The van der Waals surface area contributed by atoms with E-state index in [0.717, 1.165) is 18.0 Å². The Kier molecular flexibility index (Phi) is 4.20. The quantitative estimate of drug-likeness (QED) is 0.848. The standard InChI is InChI=1S/C16H22N4O/c1-12-4-3-5-16(13(12)2)21-9-8-20-11-15(18-19-20)10-17-14-6-7-14/h3-5,11,14,17H,6-10H2,1-2H3. The molecule has 1 N–H and O–H groups in total. The van der Waals surface area contributed by atoms with Gasteiger partial charge in [-0.2, -0.15) is 0 Å². The zero-order valence-electron chi connectivity index (χ0n) is 12.7. The fourth-order valence-corrected chi connectivity index (χ4v) is 2.19. The largest absolute Gasteiger partial charge is 0.491 e. The maximum absolute atomic E-state index is 5.83. The molecule has 0 atom stereocenters. The zero-order valence-corrected chi connectivity index (χ0v) is 12.7. The lowest BCUT2D eigenvalue weighted by molar-refractivity contribution is 0.288. The van der Waals surface area contributed by atoms with E-state index >= 15 is 0 Å². The average molecular weight is 286 g/mol. The Hall–Kier alpha value is -1.88. The molecule has 5 heteroatoms. The molecule has 1 aromatic heterocycles. The van der Waals surface area contributed by atoms with Crippen molar-refractivity contribution in [1.29, 1.82) is 0 Å². The number of hydrogen-bond donors (Lipinski definition) is 1. The highest BCUT2D eigenvalue weighted by molar-refractivity contribution is 5.38. The molecule has 0 amide bonds. The van der Waals surface area contributed by atoms with Crippen LogP contribution in [0.25, 0.3) is 0 Å². The van der Waals surface area contributed by atoms with E-state index < -0.39 is 0 Å². The van der Waals surface area contributed by atoms with Gasteiger partial charge in [-0.15, -0.1) is 5.10 Å². The molecular formula is C16H22N4O. The van der Waals surface area contributed by atoms with Crippen LogP contribution in [0.2, 0.25) is 0 Å². The molecule has 0 aliphatic heterocycles. The summed E-state index contributed by atoms with van der Waals surface area (Å²) in [7, 11) is 0. The van der Waals surface area contributed by atoms with Crippen LogP contribution in [-0.2, 0) is 13.1 Å². The van der Waals surface area contributed by atoms with Gasteiger partial charge in [0, 0.05) is 18.8 Å². The van der Waals surface area contributed by atoms with Crippen LogP contribution in [0.1, 0.15) is 29.7 Å². The number of ether oxygens (including phenoxy) is 1. The Morgan fingerprint density at radius 1 is 1.33 bits per heavy atom. The molecule has 0 bridgehead atoms. The molecule has 1 saturated carbocycles. The van der Waals surface area contributed by atoms with Gasteiger partial charge in [0.1, 0.15) is 12.4 Å². The fraction of sp³-hybridized carbons (Fsp3) is 0.500. The van der Waals surface area contributed by atoms with Crippen molar-refractivity contribution in [1.82, 2.24) is 20.3 Å². The number of rotatable bonds is 7. The summed E-state index contributed by atoms with van der Waals surface area (Å²) in [5.41, 5.74) is 3.45. The van der Waals surface area contributed by atoms with E-state index in [-0.39, 0.29) is 0 Å². The maximum Gasteiger partial charge on any atom is 0.122 e. The number of aryl methyl sites for hydroxylation is 1. The number of hydrogen-bond acceptors (Lipinski definition) is 4. The monoisotopic (exact) mass is 286 g/mol. The molecule has 1 fully saturated rings. The molecule has 0 saturated heterocycles. The smallest absolute Gasteiger partial charge is 0.122 e. The molecule has 21 heavy (non-hydrogen) atoms. The summed E-state index contributed by atoms with van der Waals surface area (Å²) in [6.45, 7) is 6.30. The Morgan fingerprint density at radius 2 is 2.19 bits per heavy atom. The van der Waals surface area contributed by atoms with Crippen molar-refractivity contribution in [2.45, 2.75) is 45.8 Å². The highest BCUT2D eigenvalue weighted by Crippen LogP contribution is 2.20. The highest BCUT2D eigenvalue weighted by Gasteiger charge is 2.20. The first kappa shape index (κ1) is 14.1. The van der Waals surface area contributed by atoms with E-state index in [2.05, 4.69) is 35.5 Å². The predicted molar refractivity (Wildman–Crippen MR) is 81.3 cm³/mol. The van der Waals surface area contributed by atoms with Crippen LogP contribution >= 0.6 is 0 Å². The normalized spacial score (nSPS) is 14.4. The summed E-state index contributed by atoms with van der Waals surface area (Å²) in [6.07, 6.45) is 4.57. The first-order chi connectivity index (χ1) is 10.2. The van der Waals surface area contributed by atoms with Gasteiger partial charge in [-0.3, -0.25) is 0 Å². The molecule has 3 rings (SSSR count). The molecule has 0 spiro atoms. The summed E-state index contributed by atoms with van der Waals surface area (Å²) in [4.78, 5) is 0. The second-order valence-electron chi connectivity index (χ2n) is 5.67. The van der Waals surface area contributed by atoms with Gasteiger partial charge >= 0.3 is 0 Å². The summed E-state index contributed by atoms with van der Waals surface area (Å²) in [6, 6.07) is 6.82. The SMILES string of the molecule is Cc1cccc(OCCn2cc(CNC3CC3)nn2)c1C. The van der Waals surface area contributed by atoms with Crippen molar-refractivity contribution in [2.24, 2.45) is 0 Å². The van der Waals surface area contributed by atoms with E-state index in [1.807, 2.05) is 23.0 Å². The van der Waals surface area contributed by atoms with Crippen molar-refractivity contribution in [3.63, 3.8) is 0 Å². The first-order valence-corrected chi connectivity index (χ1v) is 7.54. The molecule has 5 nitrogen and oxygen atoms in total. The van der Waals surface area contributed by atoms with Crippen molar-refractivity contribution >= 4 is 0 Å². The van der Waals surface area contributed by atoms with Crippen LogP contribution in [0.3, 0.4) is 0 Å². The van der Waals surface area contributed by atoms with Crippen molar-refractivity contribution in [3.8, 4) is 5.75 Å². The Bertz CT molecular complexity index is 604. The highest BCUT2D eigenvalue weighted by atomic mass is 16.5. The van der Waals surface area contributed by atoms with Crippen molar-refractivity contribution < 1.29 is 4.74 Å². The molecular weight excluding hydrogens is 264 g/mol. The van der Waals surface area contributed by atoms with E-state index in [1.54, 1.807) is 0 Å². The fourth-order valence-electron chi connectivity index (χ4n) is 2.19. The minimum absolute atomic E-state index is 0.600. The molecule has 1 heterocycles. The van der Waals surface area contributed by atoms with Crippen LogP contribution in [0.4, 0.5) is 0 Å². The van der Waals surface area contributed by atoms with Gasteiger partial charge in [0.15, 0.2) is 0 Å². The second-order valence-corrected chi connectivity index (χ2v) is 5.67. The lowest BCUT2D eigenvalue weighted by atomic mass is 10.1. The third kappa shape index (κ3) is 3.82. The van der Waals surface area contributed by atoms with Crippen LogP contribution in [0, 0.1) is 13.8 Å². The number of nitrogens with zero attached hydrogens (tertiary/aromatic N) is 3. The van der Waals surface area contributed by atoms with Gasteiger partial charge in [-0.25, -0.2) is 4.68 Å². The van der Waals surface area contributed by atoms with Crippen LogP contribution < -0.4 is 10.1 Å². The molecule has 0 unspecified atom stereocenters. The molecule has 1 aliphatic carbocycles. The topological polar surface area (TPSA) is 52.0 Å². The molecule has 112 valence electrons. The average Bonchev–Trinajstić information content (AvgIpc) is 3.20. The molecule has 0 radical (unpaired) electrons. The van der Waals surface area contributed by atoms with Crippen LogP contribution in [-0.4, -0.2) is 27.6 Å². The minimum Gasteiger partial charge on any atom is -0.491 e. The van der Waals surface area contributed by atoms with Gasteiger partial charge in [0.2, 0.25) is 0 Å². The Labute approximate surface area is 125 Å². The van der Waals surface area contributed by atoms with E-state index in [0.29, 0.717) is 19.2 Å². The summed E-state index contributed by atoms with van der Waals surface area (Å²) in [5.74, 6) is 0.950. The Balaban J connectivity index is 1.47. The van der Waals surface area contributed by atoms with E-state index in [1.165, 1.54) is 24.0 Å². The first-order valence-electron chi connectivity index (χ1n) is 7.54. The summed E-state index contributed by atoms with van der Waals surface area (Å²) >= 11 is 0. The third-order valence-electron chi connectivity index (χ3n) is 3.87. The molecule has 2 aromatic rings. The minimum atomic E-state index is 0.600. The van der Waals surface area contributed by atoms with Crippen LogP contribution in [0.15, 0.2) is 24.4 Å². The van der Waals surface area contributed by atoms with Gasteiger partial charge < -0.3 is 10.1 Å². The van der Waals surface area contributed by atoms with Crippen LogP contribution in [0.5, 0.6) is 5.75 Å². The number of aromatic nitrogens is 3. The molecule has 1 aromatic carbocycles. The van der Waals surface area contributed by atoms with E-state index in [9.17, 15) is 0 Å². The van der Waals surface area contributed by atoms with Crippen molar-refractivity contribution in [3.05, 3.63) is 41.2 Å².